The number of aryl methyl sites for hydroxylation is 1. The summed E-state index contributed by atoms with van der Waals surface area (Å²) in [6.45, 7) is -2.15. The third-order valence-electron chi connectivity index (χ3n) is 3.42. The lowest BCUT2D eigenvalue weighted by molar-refractivity contribution is 0.416. The molecule has 0 fully saturated rings. The summed E-state index contributed by atoms with van der Waals surface area (Å²) < 4.78 is 28.8. The molecule has 3 rings (SSSR count). The highest BCUT2D eigenvalue weighted by atomic mass is 79.9. The first-order valence-electron chi connectivity index (χ1n) is 8.30. The van der Waals surface area contributed by atoms with Gasteiger partial charge in [-0.05, 0) is 42.2 Å². The molecule has 1 aromatic heterocycles. The van der Waals surface area contributed by atoms with Crippen molar-refractivity contribution in [3.05, 3.63) is 70.8 Å². The fourth-order valence-corrected chi connectivity index (χ4v) is 2.82. The largest absolute Gasteiger partial charge is 0.496 e. The van der Waals surface area contributed by atoms with Crippen molar-refractivity contribution in [2.24, 2.45) is 0 Å². The molecule has 2 nitrogen and oxygen atoms in total. The SMILES string of the molecule is [2H]C([2H])([2H])c1ccc(-c2ccc(-c3ccccc3Br)c(OC)c2)nc1. The standard InChI is InChI=1S/C19H16BrNO/c1-13-7-10-18(21-12-13)14-8-9-16(19(11-14)22-2)15-5-3-4-6-17(15)20/h3-12H,1-2H3/i1D3. The van der Waals surface area contributed by atoms with Crippen LogP contribution in [0, 0.1) is 6.85 Å². The van der Waals surface area contributed by atoms with Gasteiger partial charge < -0.3 is 4.74 Å². The Labute approximate surface area is 143 Å². The van der Waals surface area contributed by atoms with E-state index in [4.69, 9.17) is 8.85 Å². The lowest BCUT2D eigenvalue weighted by Gasteiger charge is -2.12. The maximum atomic E-state index is 7.42. The summed E-state index contributed by atoms with van der Waals surface area (Å²) in [5.41, 5.74) is 3.80. The molecule has 110 valence electrons. The summed E-state index contributed by atoms with van der Waals surface area (Å²) in [6, 6.07) is 17.1. The van der Waals surface area contributed by atoms with Crippen LogP contribution in [0.15, 0.2) is 65.3 Å². The molecule has 0 atom stereocenters. The number of benzene rings is 2. The highest BCUT2D eigenvalue weighted by Gasteiger charge is 2.11. The van der Waals surface area contributed by atoms with Crippen LogP contribution in [-0.4, -0.2) is 12.1 Å². The average molecular weight is 357 g/mol. The van der Waals surface area contributed by atoms with Gasteiger partial charge in [-0.3, -0.25) is 4.98 Å². The number of aromatic nitrogens is 1. The number of rotatable bonds is 3. The normalized spacial score (nSPS) is 13.1. The van der Waals surface area contributed by atoms with E-state index >= 15 is 0 Å². The first-order chi connectivity index (χ1) is 11.9. The van der Waals surface area contributed by atoms with Crippen molar-refractivity contribution in [3.63, 3.8) is 0 Å². The van der Waals surface area contributed by atoms with Crippen LogP contribution in [-0.2, 0) is 0 Å². The van der Waals surface area contributed by atoms with Gasteiger partial charge >= 0.3 is 0 Å². The van der Waals surface area contributed by atoms with E-state index in [0.717, 1.165) is 26.9 Å². The van der Waals surface area contributed by atoms with Crippen molar-refractivity contribution >= 4 is 15.9 Å². The van der Waals surface area contributed by atoms with Gasteiger partial charge in [-0.1, -0.05) is 46.3 Å². The Morgan fingerprint density at radius 2 is 1.91 bits per heavy atom. The van der Waals surface area contributed by atoms with Crippen molar-refractivity contribution < 1.29 is 8.85 Å². The maximum Gasteiger partial charge on any atom is 0.127 e. The molecule has 3 aromatic rings. The summed E-state index contributed by atoms with van der Waals surface area (Å²) in [4.78, 5) is 4.29. The zero-order valence-electron chi connectivity index (χ0n) is 15.0. The van der Waals surface area contributed by atoms with Gasteiger partial charge in [-0.25, -0.2) is 0 Å². The van der Waals surface area contributed by atoms with Crippen molar-refractivity contribution in [3.8, 4) is 28.1 Å². The van der Waals surface area contributed by atoms with E-state index in [1.54, 1.807) is 19.2 Å². The highest BCUT2D eigenvalue weighted by Crippen LogP contribution is 2.37. The molecule has 0 aliphatic heterocycles. The van der Waals surface area contributed by atoms with Crippen molar-refractivity contribution in [1.82, 2.24) is 4.98 Å². The van der Waals surface area contributed by atoms with Gasteiger partial charge in [0.1, 0.15) is 5.75 Å². The molecule has 1 heterocycles. The molecule has 0 N–H and O–H groups in total. The molecule has 0 unspecified atom stereocenters. The van der Waals surface area contributed by atoms with Crippen LogP contribution in [0.25, 0.3) is 22.4 Å². The van der Waals surface area contributed by atoms with Gasteiger partial charge in [0.25, 0.3) is 0 Å². The lowest BCUT2D eigenvalue weighted by atomic mass is 10.0. The topological polar surface area (TPSA) is 22.1 Å². The van der Waals surface area contributed by atoms with Gasteiger partial charge in [-0.2, -0.15) is 0 Å². The van der Waals surface area contributed by atoms with Crippen LogP contribution in [0.1, 0.15) is 9.68 Å². The van der Waals surface area contributed by atoms with E-state index in [-0.39, 0.29) is 5.56 Å². The second kappa shape index (κ2) is 6.32. The summed E-state index contributed by atoms with van der Waals surface area (Å²) in [7, 11) is 1.63. The van der Waals surface area contributed by atoms with Gasteiger partial charge in [0, 0.05) is 25.9 Å². The number of nitrogens with zero attached hydrogens (tertiary/aromatic N) is 1. The van der Waals surface area contributed by atoms with E-state index < -0.39 is 6.85 Å². The minimum absolute atomic E-state index is 0.230. The minimum atomic E-state index is -2.15. The smallest absolute Gasteiger partial charge is 0.127 e. The van der Waals surface area contributed by atoms with Crippen LogP contribution in [0.5, 0.6) is 5.75 Å². The summed E-state index contributed by atoms with van der Waals surface area (Å²) in [5, 5.41) is 0. The Hall–Kier alpha value is -2.13. The predicted octanol–water partition coefficient (Wildman–Crippen LogP) is 5.50. The second-order valence-electron chi connectivity index (χ2n) is 4.83. The van der Waals surface area contributed by atoms with E-state index in [1.165, 1.54) is 6.20 Å². The molecule has 0 aliphatic carbocycles. The van der Waals surface area contributed by atoms with Gasteiger partial charge in [0.2, 0.25) is 0 Å². The molecular weight excluding hydrogens is 338 g/mol. The summed E-state index contributed by atoms with van der Waals surface area (Å²) in [5.74, 6) is 0.728. The third kappa shape index (κ3) is 2.90. The molecule has 2 aromatic carbocycles. The molecular formula is C19H16BrNO. The maximum absolute atomic E-state index is 7.42. The molecule has 0 radical (unpaired) electrons. The number of pyridine rings is 1. The predicted molar refractivity (Wildman–Crippen MR) is 94.1 cm³/mol. The highest BCUT2D eigenvalue weighted by molar-refractivity contribution is 9.10. The first kappa shape index (κ1) is 11.4. The number of hydrogen-bond acceptors (Lipinski definition) is 2. The lowest BCUT2D eigenvalue weighted by Crippen LogP contribution is -1.91. The minimum Gasteiger partial charge on any atom is -0.496 e. The molecule has 0 amide bonds. The van der Waals surface area contributed by atoms with Crippen LogP contribution in [0.4, 0.5) is 0 Å². The van der Waals surface area contributed by atoms with Gasteiger partial charge in [0.05, 0.1) is 12.8 Å². The molecule has 0 spiro atoms. The van der Waals surface area contributed by atoms with Crippen molar-refractivity contribution in [1.29, 1.82) is 0 Å². The van der Waals surface area contributed by atoms with Crippen LogP contribution in [0.3, 0.4) is 0 Å². The summed E-state index contributed by atoms with van der Waals surface area (Å²) >= 11 is 3.57. The zero-order valence-corrected chi connectivity index (χ0v) is 13.6. The molecule has 0 aliphatic rings. The zero-order chi connectivity index (χ0) is 18.0. The van der Waals surface area contributed by atoms with Gasteiger partial charge in [0.15, 0.2) is 0 Å². The number of hydrogen-bond donors (Lipinski definition) is 0. The Balaban J connectivity index is 2.01. The van der Waals surface area contributed by atoms with E-state index in [0.29, 0.717) is 5.69 Å². The van der Waals surface area contributed by atoms with Crippen molar-refractivity contribution in [2.75, 3.05) is 7.11 Å². The van der Waals surface area contributed by atoms with Crippen LogP contribution in [0.2, 0.25) is 0 Å². The molecule has 0 saturated carbocycles. The third-order valence-corrected chi connectivity index (χ3v) is 4.12. The van der Waals surface area contributed by atoms with Crippen molar-refractivity contribution in [2.45, 2.75) is 6.85 Å². The number of ether oxygens (including phenoxy) is 1. The fraction of sp³-hybridized carbons (Fsp3) is 0.105. The van der Waals surface area contributed by atoms with Crippen LogP contribution >= 0.6 is 15.9 Å². The molecule has 0 saturated heterocycles. The fourth-order valence-electron chi connectivity index (χ4n) is 2.32. The average Bonchev–Trinajstić information content (AvgIpc) is 2.61. The quantitative estimate of drug-likeness (QED) is 0.618. The Kier molecular flexibility index (Phi) is 3.29. The van der Waals surface area contributed by atoms with Gasteiger partial charge in [-0.15, -0.1) is 0 Å². The molecule has 0 bridgehead atoms. The Morgan fingerprint density at radius 1 is 1.05 bits per heavy atom. The van der Waals surface area contributed by atoms with E-state index in [1.807, 2.05) is 42.5 Å². The van der Waals surface area contributed by atoms with E-state index in [9.17, 15) is 0 Å². The number of methoxy groups -OCH3 is 1. The Bertz CT molecular complexity index is 892. The second-order valence-corrected chi connectivity index (χ2v) is 5.68. The monoisotopic (exact) mass is 356 g/mol. The van der Waals surface area contributed by atoms with E-state index in [2.05, 4.69) is 20.9 Å². The first-order valence-corrected chi connectivity index (χ1v) is 7.59. The molecule has 3 heteroatoms. The van der Waals surface area contributed by atoms with Crippen LogP contribution < -0.4 is 4.74 Å². The summed E-state index contributed by atoms with van der Waals surface area (Å²) in [6.07, 6.45) is 1.40. The molecule has 22 heavy (non-hydrogen) atoms. The Morgan fingerprint density at radius 3 is 2.59 bits per heavy atom. The number of halogens is 1.